The Labute approximate surface area is 116 Å². The van der Waals surface area contributed by atoms with E-state index >= 15 is 0 Å². The van der Waals surface area contributed by atoms with E-state index in [9.17, 15) is 8.42 Å². The molecular weight excluding hydrogens is 262 g/mol. The maximum atomic E-state index is 12.3. The molecule has 108 valence electrons. The van der Waals surface area contributed by atoms with Crippen LogP contribution in [0.3, 0.4) is 0 Å². The van der Waals surface area contributed by atoms with Crippen molar-refractivity contribution in [1.82, 2.24) is 14.2 Å². The first kappa shape index (κ1) is 15.9. The Kier molecular flexibility index (Phi) is 5.34. The molecule has 1 N–H and O–H groups in total. The van der Waals surface area contributed by atoms with Gasteiger partial charge in [-0.05, 0) is 6.07 Å². The van der Waals surface area contributed by atoms with E-state index in [4.69, 9.17) is 0 Å². The number of sulfonamides is 1. The lowest BCUT2D eigenvalue weighted by atomic mass is 10.3. The van der Waals surface area contributed by atoms with Crippen LogP contribution in [0.15, 0.2) is 29.8 Å². The fourth-order valence-electron chi connectivity index (χ4n) is 1.66. The molecule has 5 nitrogen and oxygen atoms in total. The second-order valence-electron chi connectivity index (χ2n) is 4.89. The smallest absolute Gasteiger partial charge is 0.244 e. The molecule has 19 heavy (non-hydrogen) atoms. The van der Waals surface area contributed by atoms with Crippen LogP contribution in [-0.4, -0.2) is 36.9 Å². The average molecular weight is 285 g/mol. The third-order valence-electron chi connectivity index (χ3n) is 2.87. The summed E-state index contributed by atoms with van der Waals surface area (Å²) in [5.41, 5.74) is 0.944. The second-order valence-corrected chi connectivity index (χ2v) is 6.93. The molecule has 0 aliphatic rings. The van der Waals surface area contributed by atoms with Crippen molar-refractivity contribution < 1.29 is 8.42 Å². The first-order valence-corrected chi connectivity index (χ1v) is 7.69. The number of hydrogen-bond donors (Lipinski definition) is 1. The van der Waals surface area contributed by atoms with Gasteiger partial charge in [-0.1, -0.05) is 19.9 Å². The third kappa shape index (κ3) is 3.92. The van der Waals surface area contributed by atoms with E-state index in [1.165, 1.54) is 4.31 Å². The van der Waals surface area contributed by atoms with Crippen molar-refractivity contribution in [3.63, 3.8) is 0 Å². The number of aryl methyl sites for hydroxylation is 1. The largest absolute Gasteiger partial charge is 0.352 e. The van der Waals surface area contributed by atoms with Gasteiger partial charge in [0.2, 0.25) is 10.0 Å². The fraction of sp³-hybridized carbons (Fsp3) is 0.538. The summed E-state index contributed by atoms with van der Waals surface area (Å²) in [7, 11) is -0.0252. The van der Waals surface area contributed by atoms with Crippen LogP contribution in [0.5, 0.6) is 0 Å². The summed E-state index contributed by atoms with van der Waals surface area (Å²) in [4.78, 5) is 0.319. The summed E-state index contributed by atoms with van der Waals surface area (Å²) in [5.74, 6) is 0. The first-order chi connectivity index (χ1) is 8.78. The van der Waals surface area contributed by atoms with Gasteiger partial charge in [-0.15, -0.1) is 6.58 Å². The molecule has 0 aliphatic heterocycles. The fourth-order valence-corrected chi connectivity index (χ4v) is 2.90. The molecule has 6 heteroatoms. The van der Waals surface area contributed by atoms with Gasteiger partial charge in [0.05, 0.1) is 0 Å². The summed E-state index contributed by atoms with van der Waals surface area (Å²) in [6, 6.07) is 2.07. The topological polar surface area (TPSA) is 54.3 Å². The number of nitrogens with one attached hydrogen (secondary N) is 1. The predicted octanol–water partition coefficient (Wildman–Crippen LogP) is 1.33. The van der Waals surface area contributed by atoms with Gasteiger partial charge < -0.3 is 9.88 Å². The highest BCUT2D eigenvalue weighted by atomic mass is 32.2. The van der Waals surface area contributed by atoms with Crippen LogP contribution in [-0.2, 0) is 23.6 Å². The molecule has 0 saturated heterocycles. The average Bonchev–Trinajstić information content (AvgIpc) is 2.69. The second kappa shape index (κ2) is 6.36. The van der Waals surface area contributed by atoms with E-state index < -0.39 is 10.0 Å². The van der Waals surface area contributed by atoms with Crippen LogP contribution >= 0.6 is 0 Å². The molecule has 0 bridgehead atoms. The van der Waals surface area contributed by atoms with E-state index in [0.717, 1.165) is 5.69 Å². The van der Waals surface area contributed by atoms with Crippen molar-refractivity contribution in [2.24, 2.45) is 7.05 Å². The minimum absolute atomic E-state index is 0.302. The number of rotatable bonds is 7. The molecular formula is C13H23N3O2S. The van der Waals surface area contributed by atoms with E-state index in [0.29, 0.717) is 24.0 Å². The zero-order valence-corrected chi connectivity index (χ0v) is 12.9. The Balaban J connectivity index is 2.96. The van der Waals surface area contributed by atoms with Crippen molar-refractivity contribution >= 4 is 10.0 Å². The van der Waals surface area contributed by atoms with Crippen LogP contribution in [0.1, 0.15) is 19.5 Å². The highest BCUT2D eigenvalue weighted by molar-refractivity contribution is 7.89. The molecule has 1 rings (SSSR count). The zero-order valence-electron chi connectivity index (χ0n) is 12.0. The van der Waals surface area contributed by atoms with E-state index in [2.05, 4.69) is 25.7 Å². The van der Waals surface area contributed by atoms with Crippen LogP contribution in [0.25, 0.3) is 0 Å². The van der Waals surface area contributed by atoms with Crippen molar-refractivity contribution in [2.75, 3.05) is 13.6 Å². The van der Waals surface area contributed by atoms with Crippen LogP contribution in [0.4, 0.5) is 0 Å². The predicted molar refractivity (Wildman–Crippen MR) is 77.4 cm³/mol. The summed E-state index contributed by atoms with van der Waals surface area (Å²) in [6.07, 6.45) is 3.22. The number of nitrogens with zero attached hydrogens (tertiary/aromatic N) is 2. The molecule has 0 aliphatic carbocycles. The van der Waals surface area contributed by atoms with Crippen LogP contribution in [0, 0.1) is 0 Å². The number of likely N-dealkylation sites (N-methyl/N-ethyl adjacent to an activating group) is 1. The molecule has 1 heterocycles. The van der Waals surface area contributed by atoms with Gasteiger partial charge in [0.15, 0.2) is 0 Å². The Bertz CT molecular complexity index is 532. The van der Waals surface area contributed by atoms with E-state index in [1.807, 2.05) is 11.6 Å². The van der Waals surface area contributed by atoms with Gasteiger partial charge in [-0.2, -0.15) is 4.31 Å². The highest BCUT2D eigenvalue weighted by Gasteiger charge is 2.22. The zero-order chi connectivity index (χ0) is 14.6. The molecule has 0 aromatic carbocycles. The molecule has 0 saturated carbocycles. The Morgan fingerprint density at radius 2 is 2.16 bits per heavy atom. The molecule has 0 atom stereocenters. The molecule has 1 aromatic heterocycles. The Morgan fingerprint density at radius 1 is 1.53 bits per heavy atom. The van der Waals surface area contributed by atoms with Gasteiger partial charge in [-0.25, -0.2) is 8.42 Å². The summed E-state index contributed by atoms with van der Waals surface area (Å²) in [5, 5.41) is 3.28. The van der Waals surface area contributed by atoms with Gasteiger partial charge in [0.1, 0.15) is 4.90 Å². The summed E-state index contributed by atoms with van der Waals surface area (Å²) in [6.45, 7) is 8.62. The van der Waals surface area contributed by atoms with Crippen molar-refractivity contribution in [3.05, 3.63) is 30.6 Å². The Hall–Kier alpha value is -1.11. The molecule has 0 unspecified atom stereocenters. The Morgan fingerprint density at radius 3 is 2.68 bits per heavy atom. The molecule has 0 amide bonds. The standard InChI is InChI=1S/C13H23N3O2S/c1-6-7-16(5)19(17,18)13-8-12(15(4)10-13)9-14-11(2)3/h6,8,10-11,14H,1,7,9H2,2-5H3. The lowest BCUT2D eigenvalue weighted by molar-refractivity contribution is 0.499. The lowest BCUT2D eigenvalue weighted by Crippen LogP contribution is -2.26. The van der Waals surface area contributed by atoms with Crippen LogP contribution in [0.2, 0.25) is 0 Å². The van der Waals surface area contributed by atoms with Gasteiger partial charge in [0.25, 0.3) is 0 Å². The minimum Gasteiger partial charge on any atom is -0.352 e. The van der Waals surface area contributed by atoms with Crippen LogP contribution < -0.4 is 5.32 Å². The maximum absolute atomic E-state index is 12.3. The van der Waals surface area contributed by atoms with Crippen molar-refractivity contribution in [2.45, 2.75) is 31.3 Å². The lowest BCUT2D eigenvalue weighted by Gasteiger charge is -2.13. The molecule has 0 spiro atoms. The molecule has 0 fully saturated rings. The quantitative estimate of drug-likeness (QED) is 0.769. The minimum atomic E-state index is -3.43. The van der Waals surface area contributed by atoms with Crippen molar-refractivity contribution in [3.8, 4) is 0 Å². The molecule has 0 radical (unpaired) electrons. The monoisotopic (exact) mass is 285 g/mol. The van der Waals surface area contributed by atoms with E-state index in [-0.39, 0.29) is 0 Å². The number of aromatic nitrogens is 1. The normalized spacial score (nSPS) is 12.3. The van der Waals surface area contributed by atoms with Gasteiger partial charge in [-0.3, -0.25) is 0 Å². The van der Waals surface area contributed by atoms with Gasteiger partial charge in [0, 0.05) is 45.1 Å². The van der Waals surface area contributed by atoms with E-state index in [1.54, 1.807) is 25.4 Å². The highest BCUT2D eigenvalue weighted by Crippen LogP contribution is 2.17. The molecule has 1 aromatic rings. The SMILES string of the molecule is C=CCN(C)S(=O)(=O)c1cc(CNC(C)C)n(C)c1. The first-order valence-electron chi connectivity index (χ1n) is 6.25. The number of hydrogen-bond acceptors (Lipinski definition) is 3. The summed E-state index contributed by atoms with van der Waals surface area (Å²) >= 11 is 0. The van der Waals surface area contributed by atoms with Crippen molar-refractivity contribution in [1.29, 1.82) is 0 Å². The maximum Gasteiger partial charge on any atom is 0.244 e. The third-order valence-corrected chi connectivity index (χ3v) is 4.66. The van der Waals surface area contributed by atoms with Gasteiger partial charge >= 0.3 is 0 Å². The summed E-state index contributed by atoms with van der Waals surface area (Å²) < 4.78 is 27.7.